The molecule has 0 amide bonds. The van der Waals surface area contributed by atoms with Gasteiger partial charge in [0.05, 0.1) is 7.11 Å². The SMILES string of the molecule is COc1ccc(C(O)(C#Cc2ccc(F)cc2)C(F)(F)F)cc1. The number of alkyl halides is 3. The van der Waals surface area contributed by atoms with Gasteiger partial charge in [0.1, 0.15) is 11.6 Å². The molecule has 0 aliphatic heterocycles. The van der Waals surface area contributed by atoms with E-state index in [1.807, 2.05) is 5.92 Å². The summed E-state index contributed by atoms with van der Waals surface area (Å²) in [7, 11) is 1.37. The van der Waals surface area contributed by atoms with E-state index in [1.165, 1.54) is 31.4 Å². The van der Waals surface area contributed by atoms with E-state index in [4.69, 9.17) is 4.74 Å². The fourth-order valence-corrected chi connectivity index (χ4v) is 1.83. The van der Waals surface area contributed by atoms with E-state index in [0.717, 1.165) is 24.3 Å². The Morgan fingerprint density at radius 1 is 0.957 bits per heavy atom. The number of hydrogen-bond donors (Lipinski definition) is 1. The smallest absolute Gasteiger partial charge is 0.433 e. The van der Waals surface area contributed by atoms with E-state index in [0.29, 0.717) is 5.75 Å². The van der Waals surface area contributed by atoms with Crippen molar-refractivity contribution in [3.63, 3.8) is 0 Å². The standard InChI is InChI=1S/C17H12F4O2/c1-23-15-8-4-13(5-9-15)16(22,17(19,20)21)11-10-12-2-6-14(18)7-3-12/h2-9,22H,1H3. The van der Waals surface area contributed by atoms with E-state index in [9.17, 15) is 22.7 Å². The summed E-state index contributed by atoms with van der Waals surface area (Å²) in [5, 5.41) is 10.1. The number of halogens is 4. The van der Waals surface area contributed by atoms with Crippen LogP contribution in [0.25, 0.3) is 0 Å². The van der Waals surface area contributed by atoms with E-state index in [-0.39, 0.29) is 5.56 Å². The maximum Gasteiger partial charge on any atom is 0.433 e. The molecule has 1 atom stereocenters. The zero-order valence-electron chi connectivity index (χ0n) is 12.0. The molecular weight excluding hydrogens is 312 g/mol. The molecule has 2 rings (SSSR count). The van der Waals surface area contributed by atoms with Gasteiger partial charge in [-0.25, -0.2) is 4.39 Å². The highest BCUT2D eigenvalue weighted by atomic mass is 19.4. The first-order valence-corrected chi connectivity index (χ1v) is 6.48. The summed E-state index contributed by atoms with van der Waals surface area (Å²) in [6.45, 7) is 0. The Hall–Kier alpha value is -2.52. The molecule has 6 heteroatoms. The second-order valence-corrected chi connectivity index (χ2v) is 4.69. The zero-order valence-corrected chi connectivity index (χ0v) is 12.0. The van der Waals surface area contributed by atoms with Crippen LogP contribution in [0.3, 0.4) is 0 Å². The minimum absolute atomic E-state index is 0.155. The fourth-order valence-electron chi connectivity index (χ4n) is 1.83. The number of ether oxygens (including phenoxy) is 1. The molecule has 120 valence electrons. The van der Waals surface area contributed by atoms with Crippen LogP contribution in [-0.2, 0) is 5.60 Å². The molecule has 0 saturated heterocycles. The first-order chi connectivity index (χ1) is 10.8. The van der Waals surface area contributed by atoms with Crippen molar-refractivity contribution in [2.75, 3.05) is 7.11 Å². The monoisotopic (exact) mass is 324 g/mol. The van der Waals surface area contributed by atoms with Gasteiger partial charge in [0.2, 0.25) is 5.60 Å². The van der Waals surface area contributed by atoms with Gasteiger partial charge in [0.15, 0.2) is 0 Å². The average molecular weight is 324 g/mol. The Labute approximate surface area is 130 Å². The van der Waals surface area contributed by atoms with Crippen molar-refractivity contribution < 1.29 is 27.4 Å². The van der Waals surface area contributed by atoms with Crippen LogP contribution >= 0.6 is 0 Å². The summed E-state index contributed by atoms with van der Waals surface area (Å²) in [6, 6.07) is 9.38. The highest BCUT2D eigenvalue weighted by Gasteiger charge is 2.54. The molecule has 2 aromatic rings. The van der Waals surface area contributed by atoms with Crippen molar-refractivity contribution in [2.24, 2.45) is 0 Å². The molecule has 23 heavy (non-hydrogen) atoms. The summed E-state index contributed by atoms with van der Waals surface area (Å²) in [6.07, 6.45) is -5.01. The third kappa shape index (κ3) is 3.63. The minimum Gasteiger partial charge on any atom is -0.497 e. The Morgan fingerprint density at radius 2 is 1.52 bits per heavy atom. The lowest BCUT2D eigenvalue weighted by atomic mass is 9.93. The van der Waals surface area contributed by atoms with E-state index < -0.39 is 23.2 Å². The number of aliphatic hydroxyl groups is 1. The predicted molar refractivity (Wildman–Crippen MR) is 76.2 cm³/mol. The zero-order chi connectivity index (χ0) is 17.1. The fraction of sp³-hybridized carbons (Fsp3) is 0.176. The molecule has 0 bridgehead atoms. The molecule has 2 aromatic carbocycles. The second kappa shape index (κ2) is 6.31. The topological polar surface area (TPSA) is 29.5 Å². The Kier molecular flexibility index (Phi) is 4.62. The van der Waals surface area contributed by atoms with Crippen LogP contribution in [0.15, 0.2) is 48.5 Å². The van der Waals surface area contributed by atoms with Crippen LogP contribution in [-0.4, -0.2) is 18.4 Å². The summed E-state index contributed by atoms with van der Waals surface area (Å²) in [5.41, 5.74) is -3.61. The van der Waals surface area contributed by atoms with Crippen molar-refractivity contribution in [2.45, 2.75) is 11.8 Å². The van der Waals surface area contributed by atoms with Gasteiger partial charge in [-0.05, 0) is 42.3 Å². The molecule has 0 spiro atoms. The molecule has 1 unspecified atom stereocenters. The van der Waals surface area contributed by atoms with Gasteiger partial charge in [-0.15, -0.1) is 0 Å². The maximum absolute atomic E-state index is 13.3. The first kappa shape index (κ1) is 16.8. The minimum atomic E-state index is -5.01. The molecule has 1 N–H and O–H groups in total. The number of hydrogen-bond acceptors (Lipinski definition) is 2. The molecule has 0 fully saturated rings. The summed E-state index contributed by atoms with van der Waals surface area (Å²) in [5.74, 6) is 3.89. The average Bonchev–Trinajstić information content (AvgIpc) is 2.53. The molecule has 0 saturated carbocycles. The van der Waals surface area contributed by atoms with Gasteiger partial charge in [0, 0.05) is 11.1 Å². The van der Waals surface area contributed by atoms with Crippen LogP contribution in [0.5, 0.6) is 5.75 Å². The van der Waals surface area contributed by atoms with Crippen LogP contribution in [0, 0.1) is 17.7 Å². The van der Waals surface area contributed by atoms with E-state index >= 15 is 0 Å². The van der Waals surface area contributed by atoms with Crippen LogP contribution in [0.2, 0.25) is 0 Å². The predicted octanol–water partition coefficient (Wildman–Crippen LogP) is 3.64. The Bertz CT molecular complexity index is 724. The Morgan fingerprint density at radius 3 is 2.00 bits per heavy atom. The lowest BCUT2D eigenvalue weighted by Gasteiger charge is -2.25. The Balaban J connectivity index is 2.46. The van der Waals surface area contributed by atoms with E-state index in [2.05, 4.69) is 5.92 Å². The second-order valence-electron chi connectivity index (χ2n) is 4.69. The van der Waals surface area contributed by atoms with Gasteiger partial charge in [-0.2, -0.15) is 13.2 Å². The quantitative estimate of drug-likeness (QED) is 0.675. The lowest BCUT2D eigenvalue weighted by molar-refractivity contribution is -0.240. The van der Waals surface area contributed by atoms with E-state index in [1.54, 1.807) is 0 Å². The van der Waals surface area contributed by atoms with Gasteiger partial charge >= 0.3 is 6.18 Å². The van der Waals surface area contributed by atoms with Gasteiger partial charge < -0.3 is 9.84 Å². The highest BCUT2D eigenvalue weighted by molar-refractivity contribution is 5.42. The van der Waals surface area contributed by atoms with Gasteiger partial charge in [-0.1, -0.05) is 18.1 Å². The summed E-state index contributed by atoms with van der Waals surface area (Å²) >= 11 is 0. The molecule has 0 aliphatic carbocycles. The van der Waals surface area contributed by atoms with Gasteiger partial charge in [0.25, 0.3) is 0 Å². The highest BCUT2D eigenvalue weighted by Crippen LogP contribution is 2.39. The summed E-state index contributed by atoms with van der Waals surface area (Å²) in [4.78, 5) is 0. The van der Waals surface area contributed by atoms with Crippen molar-refractivity contribution in [3.05, 3.63) is 65.5 Å². The summed E-state index contributed by atoms with van der Waals surface area (Å²) < 4.78 is 57.6. The van der Waals surface area contributed by atoms with Crippen LogP contribution in [0.1, 0.15) is 11.1 Å². The third-order valence-corrected chi connectivity index (χ3v) is 3.15. The van der Waals surface area contributed by atoms with Crippen molar-refractivity contribution in [3.8, 4) is 17.6 Å². The van der Waals surface area contributed by atoms with Gasteiger partial charge in [-0.3, -0.25) is 0 Å². The molecule has 0 aliphatic rings. The molecular formula is C17H12F4O2. The normalized spacial score (nSPS) is 13.7. The molecule has 0 radical (unpaired) electrons. The molecule has 0 heterocycles. The van der Waals surface area contributed by atoms with Crippen molar-refractivity contribution >= 4 is 0 Å². The lowest BCUT2D eigenvalue weighted by Crippen LogP contribution is -2.41. The van der Waals surface area contributed by atoms with Crippen molar-refractivity contribution in [1.82, 2.24) is 0 Å². The molecule has 2 nitrogen and oxygen atoms in total. The number of rotatable bonds is 2. The first-order valence-electron chi connectivity index (χ1n) is 6.48. The number of benzene rings is 2. The third-order valence-electron chi connectivity index (χ3n) is 3.15. The maximum atomic E-state index is 13.3. The van der Waals surface area contributed by atoms with Crippen molar-refractivity contribution in [1.29, 1.82) is 0 Å². The van der Waals surface area contributed by atoms with Crippen LogP contribution in [0.4, 0.5) is 17.6 Å². The van der Waals surface area contributed by atoms with Crippen LogP contribution < -0.4 is 4.74 Å². The largest absolute Gasteiger partial charge is 0.497 e. The number of methoxy groups -OCH3 is 1. The molecule has 0 aromatic heterocycles.